The van der Waals surface area contributed by atoms with Crippen LogP contribution in [0.3, 0.4) is 0 Å². The molecule has 1 amide bonds. The molecule has 2 aromatic carbocycles. The Morgan fingerprint density at radius 2 is 1.82 bits per heavy atom. The van der Waals surface area contributed by atoms with E-state index in [1.807, 2.05) is 30.3 Å². The third kappa shape index (κ3) is 3.73. The van der Waals surface area contributed by atoms with Gasteiger partial charge in [-0.1, -0.05) is 42.5 Å². The molecule has 1 atom stereocenters. The lowest BCUT2D eigenvalue weighted by molar-refractivity contribution is -0.134. The van der Waals surface area contributed by atoms with Crippen LogP contribution < -0.4 is 5.76 Å². The van der Waals surface area contributed by atoms with Gasteiger partial charge in [-0.3, -0.25) is 9.36 Å². The van der Waals surface area contributed by atoms with Gasteiger partial charge in [0.2, 0.25) is 5.91 Å². The number of sulfone groups is 1. The standard InChI is InChI=1S/C20H20N2O5S/c23-19(13-22-17-8-4-5-9-18(17)27-20(22)24)21(12-15-6-2-1-3-7-15)16-10-11-28(25,26)14-16/h1-9,16H,10-14H2/t16-/m1/s1. The second-order valence-corrected chi connectivity index (χ2v) is 9.21. The van der Waals surface area contributed by atoms with Gasteiger partial charge < -0.3 is 9.32 Å². The van der Waals surface area contributed by atoms with Gasteiger partial charge in [0.15, 0.2) is 15.4 Å². The van der Waals surface area contributed by atoms with Crippen LogP contribution >= 0.6 is 0 Å². The smallest absolute Gasteiger partial charge is 0.408 e. The fourth-order valence-corrected chi connectivity index (χ4v) is 5.34. The molecule has 8 heteroatoms. The van der Waals surface area contributed by atoms with Crippen molar-refractivity contribution >= 4 is 26.8 Å². The van der Waals surface area contributed by atoms with Gasteiger partial charge in [-0.05, 0) is 24.1 Å². The Bertz CT molecular complexity index is 1160. The Hall–Kier alpha value is -2.87. The van der Waals surface area contributed by atoms with E-state index in [0.29, 0.717) is 24.1 Å². The molecule has 0 radical (unpaired) electrons. The van der Waals surface area contributed by atoms with E-state index in [2.05, 4.69) is 0 Å². The lowest BCUT2D eigenvalue weighted by Crippen LogP contribution is -2.43. The minimum atomic E-state index is -3.15. The molecule has 0 unspecified atom stereocenters. The Balaban J connectivity index is 1.64. The fraction of sp³-hybridized carbons (Fsp3) is 0.300. The third-order valence-electron chi connectivity index (χ3n) is 5.03. The summed E-state index contributed by atoms with van der Waals surface area (Å²) in [6, 6.07) is 15.9. The molecule has 0 bridgehead atoms. The van der Waals surface area contributed by atoms with E-state index in [0.717, 1.165) is 5.56 Å². The molecule has 0 N–H and O–H groups in total. The molecule has 1 aliphatic heterocycles. The molecule has 4 rings (SSSR count). The Labute approximate surface area is 162 Å². The molecule has 0 aliphatic carbocycles. The number of para-hydroxylation sites is 2. The fourth-order valence-electron chi connectivity index (χ4n) is 3.61. The Morgan fingerprint density at radius 3 is 2.54 bits per heavy atom. The van der Waals surface area contributed by atoms with Gasteiger partial charge in [-0.2, -0.15) is 0 Å². The number of carbonyl (C=O) groups is 1. The summed E-state index contributed by atoms with van der Waals surface area (Å²) in [5, 5.41) is 0. The molecular weight excluding hydrogens is 380 g/mol. The van der Waals surface area contributed by atoms with Crippen molar-refractivity contribution < 1.29 is 17.6 Å². The van der Waals surface area contributed by atoms with Gasteiger partial charge in [-0.15, -0.1) is 0 Å². The quantitative estimate of drug-likeness (QED) is 0.652. The van der Waals surface area contributed by atoms with Gasteiger partial charge in [0.25, 0.3) is 0 Å². The Kier molecular flexibility index (Phi) is 4.80. The van der Waals surface area contributed by atoms with Crippen molar-refractivity contribution in [2.75, 3.05) is 11.5 Å². The predicted octanol–water partition coefficient (Wildman–Crippen LogP) is 1.81. The van der Waals surface area contributed by atoms with E-state index in [-0.39, 0.29) is 24.0 Å². The summed E-state index contributed by atoms with van der Waals surface area (Å²) >= 11 is 0. The van der Waals surface area contributed by atoms with Crippen LogP contribution in [0.5, 0.6) is 0 Å². The van der Waals surface area contributed by atoms with Crippen molar-refractivity contribution in [2.24, 2.45) is 0 Å². The summed E-state index contributed by atoms with van der Waals surface area (Å²) < 4.78 is 30.4. The van der Waals surface area contributed by atoms with Crippen molar-refractivity contribution in [1.29, 1.82) is 0 Å². The van der Waals surface area contributed by atoms with E-state index in [1.54, 1.807) is 29.2 Å². The average Bonchev–Trinajstić information content (AvgIpc) is 3.19. The number of carbonyl (C=O) groups excluding carboxylic acids is 1. The van der Waals surface area contributed by atoms with Crippen molar-refractivity contribution in [3.63, 3.8) is 0 Å². The maximum Gasteiger partial charge on any atom is 0.420 e. The number of fused-ring (bicyclic) bond motifs is 1. The first-order chi connectivity index (χ1) is 13.4. The van der Waals surface area contributed by atoms with Crippen LogP contribution in [0, 0.1) is 0 Å². The molecule has 3 aromatic rings. The predicted molar refractivity (Wildman–Crippen MR) is 105 cm³/mol. The molecule has 1 saturated heterocycles. The van der Waals surface area contributed by atoms with Crippen molar-refractivity contribution in [3.05, 3.63) is 70.7 Å². The van der Waals surface area contributed by atoms with Crippen LogP contribution in [0.25, 0.3) is 11.1 Å². The van der Waals surface area contributed by atoms with Crippen LogP contribution in [-0.2, 0) is 27.7 Å². The van der Waals surface area contributed by atoms with Crippen molar-refractivity contribution in [3.8, 4) is 0 Å². The second kappa shape index (κ2) is 7.27. The zero-order valence-corrected chi connectivity index (χ0v) is 16.0. The topological polar surface area (TPSA) is 89.6 Å². The van der Waals surface area contributed by atoms with E-state index < -0.39 is 21.6 Å². The largest absolute Gasteiger partial charge is 0.420 e. The molecule has 1 aliphatic rings. The summed E-state index contributed by atoms with van der Waals surface area (Å²) in [7, 11) is -3.15. The van der Waals surface area contributed by atoms with Crippen molar-refractivity contribution in [2.45, 2.75) is 25.6 Å². The molecule has 2 heterocycles. The van der Waals surface area contributed by atoms with E-state index in [4.69, 9.17) is 4.42 Å². The molecule has 28 heavy (non-hydrogen) atoms. The Morgan fingerprint density at radius 1 is 1.11 bits per heavy atom. The number of rotatable bonds is 5. The molecule has 0 spiro atoms. The zero-order chi connectivity index (χ0) is 19.7. The third-order valence-corrected chi connectivity index (χ3v) is 6.78. The second-order valence-electron chi connectivity index (χ2n) is 6.99. The first-order valence-electron chi connectivity index (χ1n) is 9.05. The van der Waals surface area contributed by atoms with Gasteiger partial charge >= 0.3 is 5.76 Å². The first kappa shape index (κ1) is 18.5. The van der Waals surface area contributed by atoms with Gasteiger partial charge in [-0.25, -0.2) is 13.2 Å². The van der Waals surface area contributed by atoms with E-state index >= 15 is 0 Å². The minimum absolute atomic E-state index is 0.0490. The SMILES string of the molecule is O=C(Cn1c(=O)oc2ccccc21)N(Cc1ccccc1)[C@@H]1CCS(=O)(=O)C1. The highest BCUT2D eigenvalue weighted by Gasteiger charge is 2.35. The number of benzene rings is 2. The number of hydrogen-bond acceptors (Lipinski definition) is 5. The van der Waals surface area contributed by atoms with E-state index in [9.17, 15) is 18.0 Å². The van der Waals surface area contributed by atoms with Gasteiger partial charge in [0, 0.05) is 12.6 Å². The van der Waals surface area contributed by atoms with Crippen LogP contribution in [-0.4, -0.2) is 41.3 Å². The first-order valence-corrected chi connectivity index (χ1v) is 10.9. The molecule has 7 nitrogen and oxygen atoms in total. The van der Waals surface area contributed by atoms with Crippen LogP contribution in [0.2, 0.25) is 0 Å². The highest BCUT2D eigenvalue weighted by atomic mass is 32.2. The van der Waals surface area contributed by atoms with Crippen LogP contribution in [0.1, 0.15) is 12.0 Å². The summed E-state index contributed by atoms with van der Waals surface area (Å²) in [5.74, 6) is -0.884. The number of nitrogens with zero attached hydrogens (tertiary/aromatic N) is 2. The van der Waals surface area contributed by atoms with Gasteiger partial charge in [0.1, 0.15) is 6.54 Å². The number of aromatic nitrogens is 1. The lowest BCUT2D eigenvalue weighted by atomic mass is 10.1. The molecular formula is C20H20N2O5S. The summed E-state index contributed by atoms with van der Waals surface area (Å²) in [4.78, 5) is 26.9. The maximum absolute atomic E-state index is 13.1. The number of hydrogen-bond donors (Lipinski definition) is 0. The summed E-state index contributed by atoms with van der Waals surface area (Å²) in [5.41, 5.74) is 1.86. The normalized spacial score (nSPS) is 18.4. The van der Waals surface area contributed by atoms with Crippen LogP contribution in [0.15, 0.2) is 63.8 Å². The van der Waals surface area contributed by atoms with Crippen molar-refractivity contribution in [1.82, 2.24) is 9.47 Å². The molecule has 1 aromatic heterocycles. The highest BCUT2D eigenvalue weighted by molar-refractivity contribution is 7.91. The van der Waals surface area contributed by atoms with Gasteiger partial charge in [0.05, 0.1) is 17.0 Å². The van der Waals surface area contributed by atoms with E-state index in [1.165, 1.54) is 4.57 Å². The molecule has 146 valence electrons. The summed E-state index contributed by atoms with van der Waals surface area (Å²) in [6.07, 6.45) is 0.405. The average molecular weight is 400 g/mol. The lowest BCUT2D eigenvalue weighted by Gasteiger charge is -2.28. The summed E-state index contributed by atoms with van der Waals surface area (Å²) in [6.45, 7) is 0.101. The highest BCUT2D eigenvalue weighted by Crippen LogP contribution is 2.21. The number of oxazole rings is 1. The maximum atomic E-state index is 13.1. The molecule has 1 fully saturated rings. The van der Waals surface area contributed by atoms with Crippen LogP contribution in [0.4, 0.5) is 0 Å². The molecule has 0 saturated carbocycles. The zero-order valence-electron chi connectivity index (χ0n) is 15.2. The minimum Gasteiger partial charge on any atom is -0.408 e. The number of amides is 1. The monoisotopic (exact) mass is 400 g/mol.